The van der Waals surface area contributed by atoms with Gasteiger partial charge in [0.05, 0.1) is 5.69 Å². The van der Waals surface area contributed by atoms with Crippen LogP contribution >= 0.6 is 11.3 Å². The van der Waals surface area contributed by atoms with Crippen molar-refractivity contribution in [2.45, 2.75) is 0 Å². The van der Waals surface area contributed by atoms with Crippen molar-refractivity contribution in [1.29, 1.82) is 0 Å². The minimum absolute atomic E-state index is 0.228. The van der Waals surface area contributed by atoms with E-state index in [-0.39, 0.29) is 12.7 Å². The summed E-state index contributed by atoms with van der Waals surface area (Å²) < 4.78 is 10.6. The van der Waals surface area contributed by atoms with Crippen LogP contribution in [-0.4, -0.2) is 22.7 Å². The van der Waals surface area contributed by atoms with E-state index in [0.29, 0.717) is 16.6 Å². The van der Waals surface area contributed by atoms with Gasteiger partial charge in [-0.25, -0.2) is 4.98 Å². The monoisotopic (exact) mass is 351 g/mol. The molecule has 0 fully saturated rings. The molecule has 0 radical (unpaired) electrons. The number of carbonyl (C=O) groups excluding carboxylic acids is 1. The van der Waals surface area contributed by atoms with Crippen LogP contribution in [0.25, 0.3) is 17.3 Å². The number of nitrogens with zero attached hydrogens (tertiary/aromatic N) is 2. The van der Waals surface area contributed by atoms with Crippen LogP contribution in [0.15, 0.2) is 54.2 Å². The van der Waals surface area contributed by atoms with Crippen LogP contribution in [0.2, 0.25) is 0 Å². The van der Waals surface area contributed by atoms with Gasteiger partial charge in [-0.3, -0.25) is 15.1 Å². The standard InChI is InChI=1S/C18H13N3O3S/c22-17(6-4-12-3-5-15-16(8-12)24-11-23-15)21-18-20-14(10-25-18)13-2-1-7-19-9-13/h1-10H,11H2,(H,20,21,22)/b6-4+. The molecule has 25 heavy (non-hydrogen) atoms. The van der Waals surface area contributed by atoms with E-state index in [9.17, 15) is 4.79 Å². The summed E-state index contributed by atoms with van der Waals surface area (Å²) in [6.45, 7) is 0.228. The summed E-state index contributed by atoms with van der Waals surface area (Å²) in [7, 11) is 0. The number of hydrogen-bond acceptors (Lipinski definition) is 6. The van der Waals surface area contributed by atoms with Crippen LogP contribution < -0.4 is 14.8 Å². The first-order valence-electron chi connectivity index (χ1n) is 7.52. The Morgan fingerprint density at radius 1 is 1.24 bits per heavy atom. The number of ether oxygens (including phenoxy) is 2. The fraction of sp³-hybridized carbons (Fsp3) is 0.0556. The van der Waals surface area contributed by atoms with E-state index in [4.69, 9.17) is 9.47 Å². The largest absolute Gasteiger partial charge is 0.454 e. The first kappa shape index (κ1) is 15.3. The quantitative estimate of drug-likeness (QED) is 0.727. The molecule has 124 valence electrons. The lowest BCUT2D eigenvalue weighted by Crippen LogP contribution is -2.07. The van der Waals surface area contributed by atoms with Gasteiger partial charge in [0.15, 0.2) is 16.6 Å². The van der Waals surface area contributed by atoms with Gasteiger partial charge in [0.1, 0.15) is 0 Å². The van der Waals surface area contributed by atoms with E-state index in [0.717, 1.165) is 16.8 Å². The van der Waals surface area contributed by atoms with Crippen molar-refractivity contribution in [3.8, 4) is 22.8 Å². The second-order valence-electron chi connectivity index (χ2n) is 5.21. The third-order valence-electron chi connectivity index (χ3n) is 3.52. The average molecular weight is 351 g/mol. The summed E-state index contributed by atoms with van der Waals surface area (Å²) in [5, 5.41) is 5.18. The van der Waals surface area contributed by atoms with Gasteiger partial charge in [0.2, 0.25) is 12.7 Å². The zero-order valence-corrected chi connectivity index (χ0v) is 13.8. The molecule has 0 bridgehead atoms. The van der Waals surface area contributed by atoms with E-state index >= 15 is 0 Å². The van der Waals surface area contributed by atoms with Crippen LogP contribution in [0, 0.1) is 0 Å². The van der Waals surface area contributed by atoms with Crippen molar-refractivity contribution in [2.75, 3.05) is 12.1 Å². The number of anilines is 1. The SMILES string of the molecule is O=C(/C=C/c1ccc2c(c1)OCO2)Nc1nc(-c2cccnc2)cs1. The molecule has 0 saturated carbocycles. The summed E-state index contributed by atoms with van der Waals surface area (Å²) in [6, 6.07) is 9.28. The number of amides is 1. The number of hydrogen-bond donors (Lipinski definition) is 1. The van der Waals surface area contributed by atoms with Gasteiger partial charge < -0.3 is 9.47 Å². The summed E-state index contributed by atoms with van der Waals surface area (Å²) in [5.41, 5.74) is 2.55. The van der Waals surface area contributed by atoms with Crippen molar-refractivity contribution in [1.82, 2.24) is 9.97 Å². The minimum Gasteiger partial charge on any atom is -0.454 e. The number of fused-ring (bicyclic) bond motifs is 1. The number of pyridine rings is 1. The van der Waals surface area contributed by atoms with Gasteiger partial charge in [-0.1, -0.05) is 6.07 Å². The number of thiazole rings is 1. The topological polar surface area (TPSA) is 73.3 Å². The third-order valence-corrected chi connectivity index (χ3v) is 4.27. The van der Waals surface area contributed by atoms with Crippen molar-refractivity contribution in [3.63, 3.8) is 0 Å². The molecule has 0 aliphatic carbocycles. The molecule has 6 nitrogen and oxygen atoms in total. The molecule has 0 unspecified atom stereocenters. The second kappa shape index (κ2) is 6.74. The van der Waals surface area contributed by atoms with Gasteiger partial charge >= 0.3 is 0 Å². The van der Waals surface area contributed by atoms with Crippen LogP contribution in [-0.2, 0) is 4.79 Å². The normalized spacial score (nSPS) is 12.5. The molecule has 3 aromatic rings. The number of nitrogens with one attached hydrogen (secondary N) is 1. The Balaban J connectivity index is 1.41. The van der Waals surface area contributed by atoms with Crippen LogP contribution in [0.3, 0.4) is 0 Å². The summed E-state index contributed by atoms with van der Waals surface area (Å²) >= 11 is 1.37. The third kappa shape index (κ3) is 3.51. The maximum Gasteiger partial charge on any atom is 0.250 e. The van der Waals surface area contributed by atoms with Crippen molar-refractivity contribution in [3.05, 3.63) is 59.7 Å². The maximum absolute atomic E-state index is 12.1. The Labute approximate surface area is 147 Å². The first-order chi connectivity index (χ1) is 12.3. The Hall–Kier alpha value is -3.19. The van der Waals surface area contributed by atoms with E-state index in [2.05, 4.69) is 15.3 Å². The lowest BCUT2D eigenvalue weighted by atomic mass is 10.2. The highest BCUT2D eigenvalue weighted by Crippen LogP contribution is 2.32. The molecule has 7 heteroatoms. The second-order valence-corrected chi connectivity index (χ2v) is 6.07. The molecule has 0 spiro atoms. The van der Waals surface area contributed by atoms with E-state index < -0.39 is 0 Å². The molecule has 1 amide bonds. The van der Waals surface area contributed by atoms with Gasteiger partial charge in [0.25, 0.3) is 0 Å². The molecule has 1 aliphatic heterocycles. The van der Waals surface area contributed by atoms with Gasteiger partial charge in [0, 0.05) is 29.4 Å². The Morgan fingerprint density at radius 3 is 3.04 bits per heavy atom. The van der Waals surface area contributed by atoms with Gasteiger partial charge in [-0.2, -0.15) is 0 Å². The lowest BCUT2D eigenvalue weighted by molar-refractivity contribution is -0.111. The lowest BCUT2D eigenvalue weighted by Gasteiger charge is -1.98. The fourth-order valence-electron chi connectivity index (χ4n) is 2.31. The predicted molar refractivity (Wildman–Crippen MR) is 95.6 cm³/mol. The molecule has 1 N–H and O–H groups in total. The van der Waals surface area contributed by atoms with Gasteiger partial charge in [-0.15, -0.1) is 11.3 Å². The molecule has 1 aliphatic rings. The number of aromatic nitrogens is 2. The molecule has 3 heterocycles. The summed E-state index contributed by atoms with van der Waals surface area (Å²) in [5.74, 6) is 1.15. The molecule has 4 rings (SSSR count). The Bertz CT molecular complexity index is 938. The predicted octanol–water partition coefficient (Wildman–Crippen LogP) is 3.59. The Morgan fingerprint density at radius 2 is 2.16 bits per heavy atom. The maximum atomic E-state index is 12.1. The molecule has 0 atom stereocenters. The van der Waals surface area contributed by atoms with Crippen molar-refractivity contribution < 1.29 is 14.3 Å². The molecular weight excluding hydrogens is 338 g/mol. The summed E-state index contributed by atoms with van der Waals surface area (Å²) in [4.78, 5) is 20.5. The zero-order chi connectivity index (χ0) is 17.1. The number of rotatable bonds is 4. The molecular formula is C18H13N3O3S. The number of carbonyl (C=O) groups is 1. The highest BCUT2D eigenvalue weighted by molar-refractivity contribution is 7.14. The number of benzene rings is 1. The Kier molecular flexibility index (Phi) is 4.14. The van der Waals surface area contributed by atoms with E-state index in [1.54, 1.807) is 18.5 Å². The molecule has 2 aromatic heterocycles. The van der Waals surface area contributed by atoms with Crippen LogP contribution in [0.1, 0.15) is 5.56 Å². The van der Waals surface area contributed by atoms with Crippen LogP contribution in [0.4, 0.5) is 5.13 Å². The van der Waals surface area contributed by atoms with E-state index in [1.807, 2.05) is 35.7 Å². The van der Waals surface area contributed by atoms with Gasteiger partial charge in [-0.05, 0) is 35.9 Å². The average Bonchev–Trinajstić information content (AvgIpc) is 3.29. The van der Waals surface area contributed by atoms with Crippen molar-refractivity contribution >= 4 is 28.5 Å². The fourth-order valence-corrected chi connectivity index (χ4v) is 3.04. The highest BCUT2D eigenvalue weighted by Gasteiger charge is 2.12. The smallest absolute Gasteiger partial charge is 0.250 e. The highest BCUT2D eigenvalue weighted by atomic mass is 32.1. The zero-order valence-electron chi connectivity index (χ0n) is 13.0. The van der Waals surface area contributed by atoms with Crippen molar-refractivity contribution in [2.24, 2.45) is 0 Å². The van der Waals surface area contributed by atoms with Crippen LogP contribution in [0.5, 0.6) is 11.5 Å². The first-order valence-corrected chi connectivity index (χ1v) is 8.40. The van der Waals surface area contributed by atoms with E-state index in [1.165, 1.54) is 17.4 Å². The minimum atomic E-state index is -0.246. The molecule has 1 aromatic carbocycles. The molecule has 0 saturated heterocycles. The summed E-state index contributed by atoms with van der Waals surface area (Å²) in [6.07, 6.45) is 6.62.